The van der Waals surface area contributed by atoms with Gasteiger partial charge in [-0.3, -0.25) is 14.6 Å². The van der Waals surface area contributed by atoms with Crippen LogP contribution >= 0.6 is 35.0 Å². The number of esters is 1. The highest BCUT2D eigenvalue weighted by Crippen LogP contribution is 2.39. The normalized spacial score (nSPS) is 18.8. The molecule has 2 aliphatic rings. The number of hydrogen-bond acceptors (Lipinski definition) is 9. The van der Waals surface area contributed by atoms with E-state index in [4.69, 9.17) is 27.9 Å². The number of ether oxygens (including phenoxy) is 1. The van der Waals surface area contributed by atoms with Crippen LogP contribution in [0.1, 0.15) is 60.5 Å². The highest BCUT2D eigenvalue weighted by atomic mass is 35.5. The molecule has 258 valence electrons. The molecule has 11 nitrogen and oxygen atoms in total. The highest BCUT2D eigenvalue weighted by molar-refractivity contribution is 8.00. The summed E-state index contributed by atoms with van der Waals surface area (Å²) in [6.07, 6.45) is 7.30. The van der Waals surface area contributed by atoms with Crippen molar-refractivity contribution in [1.82, 2.24) is 14.6 Å². The van der Waals surface area contributed by atoms with Gasteiger partial charge in [0.2, 0.25) is 15.9 Å². The highest BCUT2D eigenvalue weighted by Gasteiger charge is 2.45. The third kappa shape index (κ3) is 8.93. The van der Waals surface area contributed by atoms with E-state index in [9.17, 15) is 28.1 Å². The molecule has 3 atom stereocenters. The maximum Gasteiger partial charge on any atom is 0.328 e. The first-order valence-electron chi connectivity index (χ1n) is 15.8. The van der Waals surface area contributed by atoms with Gasteiger partial charge in [0.1, 0.15) is 12.1 Å². The lowest BCUT2D eigenvalue weighted by Crippen LogP contribution is -2.51. The first-order valence-corrected chi connectivity index (χ1v) is 19.0. The zero-order valence-corrected chi connectivity index (χ0v) is 29.7. The Labute approximate surface area is 299 Å². The van der Waals surface area contributed by atoms with Crippen LogP contribution in [0, 0.1) is 11.3 Å². The molecule has 2 aromatic carbocycles. The second-order valence-corrected chi connectivity index (χ2v) is 16.1. The summed E-state index contributed by atoms with van der Waals surface area (Å²) in [6, 6.07) is 12.1. The maximum absolute atomic E-state index is 14.0. The van der Waals surface area contributed by atoms with E-state index in [2.05, 4.69) is 15.6 Å². The van der Waals surface area contributed by atoms with E-state index in [0.717, 1.165) is 25.7 Å². The third-order valence-corrected chi connectivity index (χ3v) is 12.4. The first-order chi connectivity index (χ1) is 23.5. The van der Waals surface area contributed by atoms with Crippen LogP contribution in [0.5, 0.6) is 0 Å². The van der Waals surface area contributed by atoms with Crippen molar-refractivity contribution in [2.24, 2.45) is 0 Å². The summed E-state index contributed by atoms with van der Waals surface area (Å²) in [5.41, 5.74) is 1.36. The van der Waals surface area contributed by atoms with Gasteiger partial charge in [0.05, 0.1) is 38.7 Å². The number of benzene rings is 2. The second-order valence-electron chi connectivity index (χ2n) is 11.8. The van der Waals surface area contributed by atoms with Crippen LogP contribution in [-0.2, 0) is 30.8 Å². The van der Waals surface area contributed by atoms with Crippen LogP contribution in [0.2, 0.25) is 10.0 Å². The van der Waals surface area contributed by atoms with Crippen molar-refractivity contribution in [3.05, 3.63) is 87.7 Å². The molecule has 1 saturated carbocycles. The predicted octanol–water partition coefficient (Wildman–Crippen LogP) is 5.61. The Bertz CT molecular complexity index is 1830. The molecule has 1 aliphatic heterocycles. The van der Waals surface area contributed by atoms with Gasteiger partial charge in [-0.15, -0.1) is 0 Å². The monoisotopic (exact) mass is 743 g/mol. The summed E-state index contributed by atoms with van der Waals surface area (Å²) in [5, 5.41) is 15.4. The van der Waals surface area contributed by atoms with E-state index in [1.54, 1.807) is 43.0 Å². The predicted molar refractivity (Wildman–Crippen MR) is 188 cm³/mol. The lowest BCUT2D eigenvalue weighted by atomic mass is 10.0. The van der Waals surface area contributed by atoms with Gasteiger partial charge >= 0.3 is 5.97 Å². The number of nitrogens with one attached hydrogen (secondary N) is 2. The molecule has 0 unspecified atom stereocenters. The van der Waals surface area contributed by atoms with Crippen LogP contribution < -0.4 is 10.6 Å². The number of aromatic nitrogens is 1. The zero-order chi connectivity index (χ0) is 35.1. The maximum atomic E-state index is 14.0. The Balaban J connectivity index is 1.34. The van der Waals surface area contributed by atoms with Gasteiger partial charge in [-0.1, -0.05) is 54.2 Å². The van der Waals surface area contributed by atoms with Crippen LogP contribution in [0.25, 0.3) is 0 Å². The summed E-state index contributed by atoms with van der Waals surface area (Å²) in [5.74, 6) is -1.80. The molecule has 1 aromatic heterocycles. The Morgan fingerprint density at radius 3 is 2.43 bits per heavy atom. The number of hydrogen-bond donors (Lipinski definition) is 2. The van der Waals surface area contributed by atoms with E-state index >= 15 is 0 Å². The Morgan fingerprint density at radius 1 is 1.08 bits per heavy atom. The molecule has 3 aromatic rings. The number of amides is 2. The van der Waals surface area contributed by atoms with Gasteiger partial charge in [0.25, 0.3) is 5.91 Å². The van der Waals surface area contributed by atoms with Crippen LogP contribution in [0.15, 0.2) is 65.8 Å². The molecular weight excluding hydrogens is 709 g/mol. The molecular formula is C34H35Cl2N5O6S2. The molecule has 1 saturated heterocycles. The van der Waals surface area contributed by atoms with E-state index in [0.29, 0.717) is 16.5 Å². The molecule has 15 heteroatoms. The molecule has 0 bridgehead atoms. The zero-order valence-electron chi connectivity index (χ0n) is 26.6. The molecule has 2 amide bonds. The Kier molecular flexibility index (Phi) is 12.2. The van der Waals surface area contributed by atoms with Crippen molar-refractivity contribution in [2.75, 3.05) is 18.5 Å². The smallest absolute Gasteiger partial charge is 0.328 e. The summed E-state index contributed by atoms with van der Waals surface area (Å²) in [4.78, 5) is 43.6. The van der Waals surface area contributed by atoms with Crippen LogP contribution in [0.4, 0.5) is 5.69 Å². The fourth-order valence-electron chi connectivity index (χ4n) is 6.01. The standard InChI is InChI=1S/C34H35Cl2N5O6S2/c1-2-47-34(44)29(15-21-10-12-23(13-11-21)39-33(43)31-27(35)18-38-19-28(31)36)40-32(42)30-16-25(48-24-7-3-4-8-24)20-41(30)49(45,46)26-9-5-6-22(14-26)17-37/h5-6,9-14,18-19,24-25,29-30H,2-4,7-8,15-16,20H2,1H3,(H,39,43)(H,40,42)/t25-,29-,30-/m0/s1. The molecule has 0 radical (unpaired) electrons. The van der Waals surface area contributed by atoms with E-state index in [1.165, 1.54) is 41.0 Å². The molecule has 1 aliphatic carbocycles. The largest absolute Gasteiger partial charge is 0.464 e. The van der Waals surface area contributed by atoms with Gasteiger partial charge in [-0.2, -0.15) is 21.3 Å². The van der Waals surface area contributed by atoms with Gasteiger partial charge in [0.15, 0.2) is 0 Å². The summed E-state index contributed by atoms with van der Waals surface area (Å²) in [6.45, 7) is 1.86. The Hall–Kier alpha value is -3.67. The number of anilines is 1. The van der Waals surface area contributed by atoms with E-state index < -0.39 is 39.9 Å². The first kappa shape index (κ1) is 36.6. The molecule has 5 rings (SSSR count). The lowest BCUT2D eigenvalue weighted by Gasteiger charge is -2.25. The fraction of sp³-hybridized carbons (Fsp3) is 0.382. The number of carbonyl (C=O) groups is 3. The second kappa shape index (κ2) is 16.4. The number of thioether (sulfide) groups is 1. The minimum absolute atomic E-state index is 0.0464. The lowest BCUT2D eigenvalue weighted by molar-refractivity contribution is -0.147. The topological polar surface area (TPSA) is 159 Å². The van der Waals surface area contributed by atoms with Crippen molar-refractivity contribution in [1.29, 1.82) is 5.26 Å². The number of nitriles is 1. The number of nitrogens with zero attached hydrogens (tertiary/aromatic N) is 3. The Morgan fingerprint density at radius 2 is 1.78 bits per heavy atom. The number of sulfonamides is 1. The third-order valence-electron chi connectivity index (χ3n) is 8.40. The van der Waals surface area contributed by atoms with Crippen LogP contribution in [-0.4, -0.2) is 71.2 Å². The summed E-state index contributed by atoms with van der Waals surface area (Å²) < 4.78 is 34.4. The van der Waals surface area contributed by atoms with Crippen LogP contribution in [0.3, 0.4) is 0 Å². The minimum atomic E-state index is -4.16. The number of carbonyl (C=O) groups excluding carboxylic acids is 3. The van der Waals surface area contributed by atoms with Gasteiger partial charge in [-0.25, -0.2) is 13.2 Å². The summed E-state index contributed by atoms with van der Waals surface area (Å²) in [7, 11) is -4.16. The van der Waals surface area contributed by atoms with Crippen molar-refractivity contribution in [3.8, 4) is 6.07 Å². The van der Waals surface area contributed by atoms with E-state index in [1.807, 2.05) is 6.07 Å². The fourth-order valence-corrected chi connectivity index (χ4v) is 10.0. The SMILES string of the molecule is CCOC(=O)[C@H](Cc1ccc(NC(=O)c2c(Cl)cncc2Cl)cc1)NC(=O)[C@@H]1C[C@H](SC2CCCC2)CN1S(=O)(=O)c1cccc(C#N)c1. The molecule has 2 N–H and O–H groups in total. The molecule has 2 fully saturated rings. The number of pyridine rings is 1. The molecule has 49 heavy (non-hydrogen) atoms. The number of rotatable bonds is 12. The average molecular weight is 745 g/mol. The summed E-state index contributed by atoms with van der Waals surface area (Å²) >= 11 is 13.9. The van der Waals surface area contributed by atoms with Crippen molar-refractivity contribution < 1.29 is 27.5 Å². The van der Waals surface area contributed by atoms with E-state index in [-0.39, 0.29) is 57.3 Å². The van der Waals surface area contributed by atoms with Gasteiger partial charge < -0.3 is 15.4 Å². The minimum Gasteiger partial charge on any atom is -0.464 e. The van der Waals surface area contributed by atoms with Gasteiger partial charge in [-0.05, 0) is 62.1 Å². The van der Waals surface area contributed by atoms with Crippen molar-refractivity contribution >= 4 is 68.5 Å². The van der Waals surface area contributed by atoms with Gasteiger partial charge in [0, 0.05) is 41.5 Å². The number of halogens is 2. The molecule has 0 spiro atoms. The average Bonchev–Trinajstić information content (AvgIpc) is 3.76. The molecule has 2 heterocycles. The van der Waals surface area contributed by atoms with Crippen molar-refractivity contribution in [2.45, 2.75) is 72.9 Å². The quantitative estimate of drug-likeness (QED) is 0.225. The van der Waals surface area contributed by atoms with Crippen molar-refractivity contribution in [3.63, 3.8) is 0 Å².